The van der Waals surface area contributed by atoms with E-state index in [2.05, 4.69) is 50.5 Å². The number of ether oxygens (including phenoxy) is 1. The molecule has 0 atom stereocenters. The fourth-order valence-electron chi connectivity index (χ4n) is 2.32. The summed E-state index contributed by atoms with van der Waals surface area (Å²) in [6.07, 6.45) is 0. The lowest BCUT2D eigenvalue weighted by Gasteiger charge is -2.29. The molecule has 0 fully saturated rings. The van der Waals surface area contributed by atoms with Crippen LogP contribution < -0.4 is 15.4 Å². The topological polar surface area (TPSA) is 33.3 Å². The van der Waals surface area contributed by atoms with Crippen LogP contribution in [0.1, 0.15) is 30.5 Å². The molecule has 0 aliphatic heterocycles. The Morgan fingerprint density at radius 1 is 1.22 bits per heavy atom. The molecule has 3 heteroatoms. The third kappa shape index (κ3) is 3.47. The van der Waals surface area contributed by atoms with Crippen LogP contribution >= 0.6 is 0 Å². The fourth-order valence-corrected chi connectivity index (χ4v) is 2.32. The van der Waals surface area contributed by atoms with Crippen molar-refractivity contribution >= 4 is 0 Å². The summed E-state index contributed by atoms with van der Waals surface area (Å²) in [6, 6.07) is 4.40. The minimum atomic E-state index is 0.0406. The fraction of sp³-hybridized carbons (Fsp3) is 0.600. The van der Waals surface area contributed by atoms with Crippen LogP contribution in [0.3, 0.4) is 0 Å². The van der Waals surface area contributed by atoms with Crippen molar-refractivity contribution in [3.63, 3.8) is 0 Å². The molecule has 1 aromatic rings. The average molecular weight is 250 g/mol. The number of rotatable bonds is 6. The van der Waals surface area contributed by atoms with Crippen molar-refractivity contribution in [3.8, 4) is 5.75 Å². The molecule has 0 spiro atoms. The maximum atomic E-state index is 5.58. The molecule has 0 aromatic heterocycles. The Hall–Kier alpha value is -1.06. The van der Waals surface area contributed by atoms with Gasteiger partial charge in [-0.25, -0.2) is 0 Å². The molecule has 0 aliphatic rings. The van der Waals surface area contributed by atoms with Crippen molar-refractivity contribution in [2.45, 2.75) is 33.1 Å². The van der Waals surface area contributed by atoms with Gasteiger partial charge < -0.3 is 15.4 Å². The zero-order valence-corrected chi connectivity index (χ0v) is 12.5. The number of hydrogen-bond donors (Lipinski definition) is 2. The van der Waals surface area contributed by atoms with Gasteiger partial charge in [-0.05, 0) is 26.5 Å². The molecule has 0 saturated carbocycles. The van der Waals surface area contributed by atoms with Crippen LogP contribution in [0, 0.1) is 13.8 Å². The first-order valence-corrected chi connectivity index (χ1v) is 6.43. The van der Waals surface area contributed by atoms with E-state index < -0.39 is 0 Å². The normalized spacial score (nSPS) is 11.7. The molecule has 0 aliphatic carbocycles. The third-order valence-corrected chi connectivity index (χ3v) is 3.22. The largest absolute Gasteiger partial charge is 0.496 e. The molecule has 18 heavy (non-hydrogen) atoms. The van der Waals surface area contributed by atoms with E-state index >= 15 is 0 Å². The Kier molecular flexibility index (Phi) is 5.17. The lowest BCUT2D eigenvalue weighted by molar-refractivity contribution is 0.381. The quantitative estimate of drug-likeness (QED) is 0.600. The zero-order chi connectivity index (χ0) is 13.8. The third-order valence-electron chi connectivity index (χ3n) is 3.22. The highest BCUT2D eigenvalue weighted by atomic mass is 16.5. The summed E-state index contributed by atoms with van der Waals surface area (Å²) in [5.41, 5.74) is 3.80. The summed E-state index contributed by atoms with van der Waals surface area (Å²) in [5.74, 6) is 1.01. The number of nitrogens with one attached hydrogen (secondary N) is 2. The van der Waals surface area contributed by atoms with Crippen LogP contribution in [0.15, 0.2) is 12.1 Å². The summed E-state index contributed by atoms with van der Waals surface area (Å²) >= 11 is 0. The van der Waals surface area contributed by atoms with Crippen LogP contribution in [0.25, 0.3) is 0 Å². The van der Waals surface area contributed by atoms with Crippen LogP contribution in [-0.4, -0.2) is 27.4 Å². The molecular formula is C15H26N2O. The van der Waals surface area contributed by atoms with E-state index in [4.69, 9.17) is 4.74 Å². The molecule has 0 heterocycles. The standard InChI is InChI=1S/C15H26N2O/c1-11-7-12(2)14(18-6)13(8-11)15(3,4)9-17-10-16-5/h7-8,16-17H,9-10H2,1-6H3. The maximum absolute atomic E-state index is 5.58. The monoisotopic (exact) mass is 250 g/mol. The van der Waals surface area contributed by atoms with Crippen molar-refractivity contribution in [2.75, 3.05) is 27.4 Å². The number of methoxy groups -OCH3 is 1. The highest BCUT2D eigenvalue weighted by Crippen LogP contribution is 2.34. The Bertz CT molecular complexity index is 400. The lowest BCUT2D eigenvalue weighted by atomic mass is 9.82. The molecule has 0 radical (unpaired) electrons. The van der Waals surface area contributed by atoms with Gasteiger partial charge >= 0.3 is 0 Å². The molecule has 1 aromatic carbocycles. The minimum absolute atomic E-state index is 0.0406. The Morgan fingerprint density at radius 2 is 1.89 bits per heavy atom. The molecule has 0 unspecified atom stereocenters. The summed E-state index contributed by atoms with van der Waals surface area (Å²) in [6.45, 7) is 10.4. The second-order valence-electron chi connectivity index (χ2n) is 5.50. The van der Waals surface area contributed by atoms with E-state index in [9.17, 15) is 0 Å². The first kappa shape index (κ1) is 15.0. The van der Waals surface area contributed by atoms with Crippen molar-refractivity contribution in [1.29, 1.82) is 0 Å². The van der Waals surface area contributed by atoms with E-state index in [-0.39, 0.29) is 5.41 Å². The maximum Gasteiger partial charge on any atom is 0.125 e. The SMILES string of the molecule is CNCNCC(C)(C)c1cc(C)cc(C)c1OC. The van der Waals surface area contributed by atoms with Crippen molar-refractivity contribution in [3.05, 3.63) is 28.8 Å². The predicted octanol–water partition coefficient (Wildman–Crippen LogP) is 2.36. The zero-order valence-electron chi connectivity index (χ0n) is 12.5. The highest BCUT2D eigenvalue weighted by Gasteiger charge is 2.25. The van der Waals surface area contributed by atoms with Gasteiger partial charge in [0, 0.05) is 24.2 Å². The summed E-state index contributed by atoms with van der Waals surface area (Å²) in [7, 11) is 3.69. The van der Waals surface area contributed by atoms with Crippen LogP contribution in [-0.2, 0) is 5.41 Å². The summed E-state index contributed by atoms with van der Waals surface area (Å²) < 4.78 is 5.58. The first-order valence-electron chi connectivity index (χ1n) is 6.43. The van der Waals surface area contributed by atoms with E-state index in [0.29, 0.717) is 0 Å². The second-order valence-corrected chi connectivity index (χ2v) is 5.50. The Morgan fingerprint density at radius 3 is 2.44 bits per heavy atom. The van der Waals surface area contributed by atoms with E-state index in [1.54, 1.807) is 7.11 Å². The van der Waals surface area contributed by atoms with Gasteiger partial charge in [0.1, 0.15) is 5.75 Å². The van der Waals surface area contributed by atoms with Crippen LogP contribution in [0.2, 0.25) is 0 Å². The molecule has 1 rings (SSSR count). The second kappa shape index (κ2) is 6.21. The molecule has 0 saturated heterocycles. The summed E-state index contributed by atoms with van der Waals surface area (Å²) in [4.78, 5) is 0. The Balaban J connectivity index is 3.05. The van der Waals surface area contributed by atoms with Crippen LogP contribution in [0.4, 0.5) is 0 Å². The first-order chi connectivity index (χ1) is 8.42. The molecule has 0 amide bonds. The average Bonchev–Trinajstić information content (AvgIpc) is 2.28. The number of hydrogen-bond acceptors (Lipinski definition) is 3. The summed E-state index contributed by atoms with van der Waals surface area (Å²) in [5, 5.41) is 6.50. The van der Waals surface area contributed by atoms with Gasteiger partial charge in [0.15, 0.2) is 0 Å². The molecule has 2 N–H and O–H groups in total. The predicted molar refractivity (Wildman–Crippen MR) is 77.4 cm³/mol. The van der Waals surface area contributed by atoms with Gasteiger partial charge in [0.25, 0.3) is 0 Å². The van der Waals surface area contributed by atoms with Gasteiger partial charge in [0.2, 0.25) is 0 Å². The van der Waals surface area contributed by atoms with Crippen LogP contribution in [0.5, 0.6) is 5.75 Å². The Labute approximate surface area is 111 Å². The van der Waals surface area contributed by atoms with E-state index in [0.717, 1.165) is 19.0 Å². The number of benzene rings is 1. The van der Waals surface area contributed by atoms with Gasteiger partial charge in [0.05, 0.1) is 7.11 Å². The lowest BCUT2D eigenvalue weighted by Crippen LogP contribution is -2.37. The van der Waals surface area contributed by atoms with Crippen molar-refractivity contribution in [2.24, 2.45) is 0 Å². The van der Waals surface area contributed by atoms with Crippen molar-refractivity contribution < 1.29 is 4.74 Å². The highest BCUT2D eigenvalue weighted by molar-refractivity contribution is 5.47. The molecule has 102 valence electrons. The number of aryl methyl sites for hydroxylation is 2. The van der Waals surface area contributed by atoms with E-state index in [1.807, 2.05) is 7.05 Å². The van der Waals surface area contributed by atoms with Gasteiger partial charge in [-0.3, -0.25) is 0 Å². The molecule has 3 nitrogen and oxygen atoms in total. The van der Waals surface area contributed by atoms with Gasteiger partial charge in [-0.15, -0.1) is 0 Å². The minimum Gasteiger partial charge on any atom is -0.496 e. The smallest absolute Gasteiger partial charge is 0.125 e. The molecule has 0 bridgehead atoms. The molecular weight excluding hydrogens is 224 g/mol. The van der Waals surface area contributed by atoms with Gasteiger partial charge in [-0.2, -0.15) is 0 Å². The van der Waals surface area contributed by atoms with Crippen molar-refractivity contribution in [1.82, 2.24) is 10.6 Å². The van der Waals surface area contributed by atoms with E-state index in [1.165, 1.54) is 16.7 Å². The van der Waals surface area contributed by atoms with Gasteiger partial charge in [-0.1, -0.05) is 31.5 Å².